The predicted octanol–water partition coefficient (Wildman–Crippen LogP) is 3.76. The Bertz CT molecular complexity index is 628. The number of carbonyl (C=O) groups is 1. The van der Waals surface area contributed by atoms with Crippen molar-refractivity contribution in [1.29, 1.82) is 0 Å². The van der Waals surface area contributed by atoms with Crippen LogP contribution in [0.1, 0.15) is 13.8 Å². The van der Waals surface area contributed by atoms with Gasteiger partial charge in [0.1, 0.15) is 6.61 Å². The summed E-state index contributed by atoms with van der Waals surface area (Å²) >= 11 is 0. The Labute approximate surface area is 119 Å². The zero-order valence-corrected chi connectivity index (χ0v) is 11.8. The van der Waals surface area contributed by atoms with Crippen molar-refractivity contribution in [2.24, 2.45) is 0 Å². The standard InChI is InChI=1S/C17H19NO2/c1-12(2)17(19)20-11-13(3)18-16-10-6-8-14-7-4-5-9-15(14)16/h4-10,13,18H,1,11H2,2-3H3. The molecule has 104 valence electrons. The summed E-state index contributed by atoms with van der Waals surface area (Å²) in [5.41, 5.74) is 1.46. The fraction of sp³-hybridized carbons (Fsp3) is 0.235. The molecular formula is C17H19NO2. The van der Waals surface area contributed by atoms with E-state index < -0.39 is 0 Å². The molecule has 1 atom stereocenters. The molecule has 0 aliphatic heterocycles. The number of carbonyl (C=O) groups excluding carboxylic acids is 1. The van der Waals surface area contributed by atoms with E-state index in [1.54, 1.807) is 6.92 Å². The van der Waals surface area contributed by atoms with Gasteiger partial charge in [-0.2, -0.15) is 0 Å². The Kier molecular flexibility index (Phi) is 4.41. The molecular weight excluding hydrogens is 250 g/mol. The fourth-order valence-corrected chi connectivity index (χ4v) is 1.98. The maximum Gasteiger partial charge on any atom is 0.333 e. The molecule has 0 aliphatic carbocycles. The third-order valence-electron chi connectivity index (χ3n) is 3.00. The van der Waals surface area contributed by atoms with Crippen LogP contribution in [-0.2, 0) is 9.53 Å². The molecule has 0 heterocycles. The third-order valence-corrected chi connectivity index (χ3v) is 3.00. The number of nitrogens with one attached hydrogen (secondary N) is 1. The van der Waals surface area contributed by atoms with E-state index in [0.717, 1.165) is 11.1 Å². The van der Waals surface area contributed by atoms with Gasteiger partial charge in [0, 0.05) is 16.6 Å². The fourth-order valence-electron chi connectivity index (χ4n) is 1.98. The molecule has 0 aromatic heterocycles. The SMILES string of the molecule is C=C(C)C(=O)OCC(C)Nc1cccc2ccccc12. The van der Waals surface area contributed by atoms with Gasteiger partial charge in [-0.3, -0.25) is 0 Å². The second-order valence-electron chi connectivity index (χ2n) is 4.95. The van der Waals surface area contributed by atoms with Gasteiger partial charge in [-0.1, -0.05) is 43.0 Å². The van der Waals surface area contributed by atoms with Crippen LogP contribution < -0.4 is 5.32 Å². The van der Waals surface area contributed by atoms with E-state index in [-0.39, 0.29) is 12.0 Å². The first-order chi connectivity index (χ1) is 9.58. The van der Waals surface area contributed by atoms with Crippen molar-refractivity contribution in [3.8, 4) is 0 Å². The number of anilines is 1. The van der Waals surface area contributed by atoms with Gasteiger partial charge in [-0.05, 0) is 25.3 Å². The Morgan fingerprint density at radius 1 is 1.25 bits per heavy atom. The molecule has 2 aromatic rings. The van der Waals surface area contributed by atoms with Crippen LogP contribution in [0.25, 0.3) is 10.8 Å². The molecule has 0 saturated carbocycles. The minimum atomic E-state index is -0.350. The summed E-state index contributed by atoms with van der Waals surface area (Å²) in [6, 6.07) is 14.3. The Morgan fingerprint density at radius 2 is 1.95 bits per heavy atom. The van der Waals surface area contributed by atoms with Crippen molar-refractivity contribution in [1.82, 2.24) is 0 Å². The van der Waals surface area contributed by atoms with E-state index in [0.29, 0.717) is 12.2 Å². The second-order valence-corrected chi connectivity index (χ2v) is 4.95. The molecule has 0 radical (unpaired) electrons. The Hall–Kier alpha value is -2.29. The summed E-state index contributed by atoms with van der Waals surface area (Å²) in [4.78, 5) is 11.4. The average molecular weight is 269 g/mol. The molecule has 2 aromatic carbocycles. The number of esters is 1. The van der Waals surface area contributed by atoms with Crippen LogP contribution in [-0.4, -0.2) is 18.6 Å². The Morgan fingerprint density at radius 3 is 2.70 bits per heavy atom. The molecule has 1 N–H and O–H groups in total. The smallest absolute Gasteiger partial charge is 0.333 e. The van der Waals surface area contributed by atoms with Crippen LogP contribution in [0.5, 0.6) is 0 Å². The third kappa shape index (κ3) is 3.38. The maximum absolute atomic E-state index is 11.4. The molecule has 1 unspecified atom stereocenters. The first-order valence-electron chi connectivity index (χ1n) is 6.65. The average Bonchev–Trinajstić information content (AvgIpc) is 2.45. The number of hydrogen-bond donors (Lipinski definition) is 1. The van der Waals surface area contributed by atoms with Crippen LogP contribution in [0.15, 0.2) is 54.6 Å². The van der Waals surface area contributed by atoms with E-state index >= 15 is 0 Å². The minimum absolute atomic E-state index is 0.0316. The largest absolute Gasteiger partial charge is 0.460 e. The van der Waals surface area contributed by atoms with E-state index in [4.69, 9.17) is 4.74 Å². The maximum atomic E-state index is 11.4. The molecule has 0 fully saturated rings. The van der Waals surface area contributed by atoms with Gasteiger partial charge in [0.2, 0.25) is 0 Å². The predicted molar refractivity (Wildman–Crippen MR) is 82.8 cm³/mol. The summed E-state index contributed by atoms with van der Waals surface area (Å²) in [6.45, 7) is 7.50. The first kappa shape index (κ1) is 14.1. The van der Waals surface area contributed by atoms with Crippen molar-refractivity contribution < 1.29 is 9.53 Å². The molecule has 0 saturated heterocycles. The highest BCUT2D eigenvalue weighted by molar-refractivity contribution is 5.93. The highest BCUT2D eigenvalue weighted by Crippen LogP contribution is 2.23. The first-order valence-corrected chi connectivity index (χ1v) is 6.65. The number of benzene rings is 2. The van der Waals surface area contributed by atoms with Gasteiger partial charge in [-0.15, -0.1) is 0 Å². The number of ether oxygens (including phenoxy) is 1. The topological polar surface area (TPSA) is 38.3 Å². The van der Waals surface area contributed by atoms with E-state index in [9.17, 15) is 4.79 Å². The van der Waals surface area contributed by atoms with E-state index in [1.165, 1.54) is 5.39 Å². The number of hydrogen-bond acceptors (Lipinski definition) is 3. The Balaban J connectivity index is 2.05. The quantitative estimate of drug-likeness (QED) is 0.663. The van der Waals surface area contributed by atoms with Crippen LogP contribution in [0, 0.1) is 0 Å². The summed E-state index contributed by atoms with van der Waals surface area (Å²) in [7, 11) is 0. The van der Waals surface area contributed by atoms with Crippen LogP contribution in [0.2, 0.25) is 0 Å². The molecule has 0 amide bonds. The zero-order chi connectivity index (χ0) is 14.5. The molecule has 0 aliphatic rings. The zero-order valence-electron chi connectivity index (χ0n) is 11.8. The lowest BCUT2D eigenvalue weighted by Crippen LogP contribution is -2.24. The molecule has 3 heteroatoms. The summed E-state index contributed by atoms with van der Waals surface area (Å²) in [5.74, 6) is -0.350. The summed E-state index contributed by atoms with van der Waals surface area (Å²) in [5, 5.41) is 5.72. The van der Waals surface area contributed by atoms with E-state index in [1.807, 2.05) is 31.2 Å². The van der Waals surface area contributed by atoms with Gasteiger partial charge in [-0.25, -0.2) is 4.79 Å². The van der Waals surface area contributed by atoms with Crippen LogP contribution >= 0.6 is 0 Å². The van der Waals surface area contributed by atoms with Crippen LogP contribution in [0.3, 0.4) is 0 Å². The van der Waals surface area contributed by atoms with Crippen molar-refractivity contribution in [2.45, 2.75) is 19.9 Å². The van der Waals surface area contributed by atoms with Crippen molar-refractivity contribution >= 4 is 22.4 Å². The summed E-state index contributed by atoms with van der Waals surface area (Å²) < 4.78 is 5.15. The normalized spacial score (nSPS) is 11.9. The van der Waals surface area contributed by atoms with Gasteiger partial charge >= 0.3 is 5.97 Å². The van der Waals surface area contributed by atoms with Crippen LogP contribution in [0.4, 0.5) is 5.69 Å². The highest BCUT2D eigenvalue weighted by Gasteiger charge is 2.09. The van der Waals surface area contributed by atoms with Gasteiger partial charge in [0.15, 0.2) is 0 Å². The van der Waals surface area contributed by atoms with Crippen molar-refractivity contribution in [3.63, 3.8) is 0 Å². The summed E-state index contributed by atoms with van der Waals surface area (Å²) in [6.07, 6.45) is 0. The molecule has 0 bridgehead atoms. The molecule has 3 nitrogen and oxygen atoms in total. The molecule has 2 rings (SSSR count). The van der Waals surface area contributed by atoms with Gasteiger partial charge < -0.3 is 10.1 Å². The highest BCUT2D eigenvalue weighted by atomic mass is 16.5. The van der Waals surface area contributed by atoms with Crippen molar-refractivity contribution in [2.75, 3.05) is 11.9 Å². The number of rotatable bonds is 5. The molecule has 20 heavy (non-hydrogen) atoms. The van der Waals surface area contributed by atoms with Crippen molar-refractivity contribution in [3.05, 3.63) is 54.6 Å². The molecule has 0 spiro atoms. The minimum Gasteiger partial charge on any atom is -0.460 e. The lowest BCUT2D eigenvalue weighted by atomic mass is 10.1. The van der Waals surface area contributed by atoms with Gasteiger partial charge in [0.25, 0.3) is 0 Å². The lowest BCUT2D eigenvalue weighted by Gasteiger charge is -2.17. The number of fused-ring (bicyclic) bond motifs is 1. The monoisotopic (exact) mass is 269 g/mol. The second kappa shape index (κ2) is 6.24. The van der Waals surface area contributed by atoms with E-state index in [2.05, 4.69) is 30.1 Å². The van der Waals surface area contributed by atoms with Gasteiger partial charge in [0.05, 0.1) is 6.04 Å². The lowest BCUT2D eigenvalue weighted by molar-refractivity contribution is -0.139.